The van der Waals surface area contributed by atoms with E-state index in [4.69, 9.17) is 0 Å². The minimum atomic E-state index is -0.385. The molecule has 2 rings (SSSR count). The molecule has 2 aromatic rings. The molecular formula is C15H14INO2. The van der Waals surface area contributed by atoms with Crippen LogP contribution in [0.4, 0.5) is 0 Å². The number of carbonyl (C=O) groups is 1. The Kier molecular flexibility index (Phi) is 4.93. The first-order valence-electron chi connectivity index (χ1n) is 5.93. The summed E-state index contributed by atoms with van der Waals surface area (Å²) in [5.41, 5.74) is 1.52. The van der Waals surface area contributed by atoms with Crippen LogP contribution in [0.5, 0.6) is 0 Å². The second-order valence-corrected chi connectivity index (χ2v) is 5.26. The third-order valence-corrected chi connectivity index (χ3v) is 3.75. The summed E-state index contributed by atoms with van der Waals surface area (Å²) in [5, 5.41) is 12.3. The van der Waals surface area contributed by atoms with Crippen LogP contribution in [0.3, 0.4) is 0 Å². The molecule has 0 bridgehead atoms. The average molecular weight is 367 g/mol. The molecule has 0 aliphatic rings. The van der Waals surface area contributed by atoms with Crippen LogP contribution in [0.15, 0.2) is 54.6 Å². The van der Waals surface area contributed by atoms with Crippen LogP contribution in [0.2, 0.25) is 0 Å². The first-order chi connectivity index (χ1) is 9.22. The lowest BCUT2D eigenvalue weighted by Gasteiger charge is -2.17. The van der Waals surface area contributed by atoms with Crippen molar-refractivity contribution >= 4 is 28.5 Å². The van der Waals surface area contributed by atoms with E-state index < -0.39 is 0 Å². The number of hydrogen-bond donors (Lipinski definition) is 2. The van der Waals surface area contributed by atoms with Crippen molar-refractivity contribution in [3.05, 3.63) is 69.3 Å². The Morgan fingerprint density at radius 1 is 1.11 bits per heavy atom. The van der Waals surface area contributed by atoms with Gasteiger partial charge in [-0.05, 0) is 40.3 Å². The van der Waals surface area contributed by atoms with Gasteiger partial charge in [0.2, 0.25) is 0 Å². The highest BCUT2D eigenvalue weighted by atomic mass is 127. The Morgan fingerprint density at radius 2 is 1.74 bits per heavy atom. The second kappa shape index (κ2) is 6.68. The number of aliphatic hydroxyl groups excluding tert-OH is 1. The Labute approximate surface area is 125 Å². The van der Waals surface area contributed by atoms with E-state index in [0.29, 0.717) is 5.56 Å². The number of benzene rings is 2. The molecular weight excluding hydrogens is 353 g/mol. The zero-order valence-corrected chi connectivity index (χ0v) is 12.4. The van der Waals surface area contributed by atoms with E-state index in [1.165, 1.54) is 0 Å². The standard InChI is InChI=1S/C15H14INO2/c16-13-9-5-4-8-12(13)15(19)17-14(10-18)11-6-2-1-3-7-11/h1-9,14,18H,10H2,(H,17,19). The summed E-state index contributed by atoms with van der Waals surface area (Å²) in [6.45, 7) is -0.126. The maximum Gasteiger partial charge on any atom is 0.252 e. The maximum atomic E-state index is 12.2. The summed E-state index contributed by atoms with van der Waals surface area (Å²) < 4.78 is 0.891. The van der Waals surface area contributed by atoms with Crippen LogP contribution in [-0.2, 0) is 0 Å². The fourth-order valence-electron chi connectivity index (χ4n) is 1.80. The summed E-state index contributed by atoms with van der Waals surface area (Å²) >= 11 is 2.13. The zero-order valence-electron chi connectivity index (χ0n) is 10.2. The number of halogens is 1. The number of carbonyl (C=O) groups excluding carboxylic acids is 1. The molecule has 0 saturated heterocycles. The van der Waals surface area contributed by atoms with Crippen molar-refractivity contribution < 1.29 is 9.90 Å². The number of nitrogens with one attached hydrogen (secondary N) is 1. The SMILES string of the molecule is O=C(NC(CO)c1ccccc1)c1ccccc1I. The van der Waals surface area contributed by atoms with Crippen LogP contribution >= 0.6 is 22.6 Å². The van der Waals surface area contributed by atoms with E-state index >= 15 is 0 Å². The molecule has 1 unspecified atom stereocenters. The van der Waals surface area contributed by atoms with Gasteiger partial charge in [-0.1, -0.05) is 42.5 Å². The fourth-order valence-corrected chi connectivity index (χ4v) is 2.43. The Balaban J connectivity index is 2.16. The normalized spacial score (nSPS) is 11.9. The Bertz CT molecular complexity index is 557. The van der Waals surface area contributed by atoms with Gasteiger partial charge < -0.3 is 10.4 Å². The smallest absolute Gasteiger partial charge is 0.252 e. The molecule has 1 amide bonds. The highest BCUT2D eigenvalue weighted by Crippen LogP contribution is 2.15. The number of hydrogen-bond acceptors (Lipinski definition) is 2. The minimum absolute atomic E-state index is 0.126. The fraction of sp³-hybridized carbons (Fsp3) is 0.133. The van der Waals surface area contributed by atoms with Crippen LogP contribution in [0.25, 0.3) is 0 Å². The summed E-state index contributed by atoms with van der Waals surface area (Å²) in [4.78, 5) is 12.2. The third kappa shape index (κ3) is 3.54. The van der Waals surface area contributed by atoms with Gasteiger partial charge in [-0.2, -0.15) is 0 Å². The lowest BCUT2D eigenvalue weighted by molar-refractivity contribution is 0.0915. The van der Waals surface area contributed by atoms with E-state index in [0.717, 1.165) is 9.13 Å². The minimum Gasteiger partial charge on any atom is -0.394 e. The molecule has 0 radical (unpaired) electrons. The molecule has 98 valence electrons. The van der Waals surface area contributed by atoms with Crippen LogP contribution in [0.1, 0.15) is 22.0 Å². The lowest BCUT2D eigenvalue weighted by atomic mass is 10.1. The lowest BCUT2D eigenvalue weighted by Crippen LogP contribution is -2.31. The summed E-state index contributed by atoms with van der Waals surface area (Å²) in [6.07, 6.45) is 0. The molecule has 2 N–H and O–H groups in total. The maximum absolute atomic E-state index is 12.2. The predicted molar refractivity (Wildman–Crippen MR) is 82.9 cm³/mol. The van der Waals surface area contributed by atoms with Crippen molar-refractivity contribution in [3.8, 4) is 0 Å². The van der Waals surface area contributed by atoms with E-state index in [2.05, 4.69) is 27.9 Å². The Hall–Kier alpha value is -1.40. The van der Waals surface area contributed by atoms with Crippen molar-refractivity contribution in [2.75, 3.05) is 6.61 Å². The number of rotatable bonds is 4. The third-order valence-electron chi connectivity index (χ3n) is 2.81. The predicted octanol–water partition coefficient (Wildman–Crippen LogP) is 2.75. The van der Waals surface area contributed by atoms with Crippen molar-refractivity contribution in [1.82, 2.24) is 5.32 Å². The molecule has 0 fully saturated rings. The molecule has 0 saturated carbocycles. The summed E-state index contributed by atoms with van der Waals surface area (Å²) in [6, 6.07) is 16.4. The van der Waals surface area contributed by atoms with E-state index in [-0.39, 0.29) is 18.6 Å². The van der Waals surface area contributed by atoms with Crippen molar-refractivity contribution in [1.29, 1.82) is 0 Å². The molecule has 4 heteroatoms. The molecule has 0 spiro atoms. The Morgan fingerprint density at radius 3 is 2.37 bits per heavy atom. The summed E-state index contributed by atoms with van der Waals surface area (Å²) in [5.74, 6) is -0.173. The quantitative estimate of drug-likeness (QED) is 0.817. The monoisotopic (exact) mass is 367 g/mol. The van der Waals surface area contributed by atoms with E-state index in [9.17, 15) is 9.90 Å². The topological polar surface area (TPSA) is 49.3 Å². The molecule has 2 aromatic carbocycles. The van der Waals surface area contributed by atoms with Crippen LogP contribution in [0, 0.1) is 3.57 Å². The van der Waals surface area contributed by atoms with Gasteiger partial charge in [0.25, 0.3) is 5.91 Å². The number of aliphatic hydroxyl groups is 1. The van der Waals surface area contributed by atoms with Crippen LogP contribution in [-0.4, -0.2) is 17.6 Å². The molecule has 1 atom stereocenters. The van der Waals surface area contributed by atoms with Crippen LogP contribution < -0.4 is 5.32 Å². The van der Waals surface area contributed by atoms with E-state index in [1.807, 2.05) is 48.5 Å². The highest BCUT2D eigenvalue weighted by Gasteiger charge is 2.16. The first-order valence-corrected chi connectivity index (χ1v) is 7.01. The zero-order chi connectivity index (χ0) is 13.7. The van der Waals surface area contributed by atoms with Crippen molar-refractivity contribution in [2.24, 2.45) is 0 Å². The molecule has 3 nitrogen and oxygen atoms in total. The second-order valence-electron chi connectivity index (χ2n) is 4.10. The van der Waals surface area contributed by atoms with Gasteiger partial charge in [-0.25, -0.2) is 0 Å². The molecule has 19 heavy (non-hydrogen) atoms. The first kappa shape index (κ1) is 14.0. The van der Waals surface area contributed by atoms with Crippen molar-refractivity contribution in [3.63, 3.8) is 0 Å². The number of amides is 1. The molecule has 0 aliphatic heterocycles. The van der Waals surface area contributed by atoms with Gasteiger partial charge in [0, 0.05) is 3.57 Å². The molecule has 0 heterocycles. The van der Waals surface area contributed by atoms with Crippen molar-refractivity contribution in [2.45, 2.75) is 6.04 Å². The highest BCUT2D eigenvalue weighted by molar-refractivity contribution is 14.1. The van der Waals surface area contributed by atoms with E-state index in [1.54, 1.807) is 6.07 Å². The van der Waals surface area contributed by atoms with Gasteiger partial charge in [0.1, 0.15) is 0 Å². The largest absolute Gasteiger partial charge is 0.394 e. The van der Waals surface area contributed by atoms with Gasteiger partial charge in [-0.3, -0.25) is 4.79 Å². The van der Waals surface area contributed by atoms with Gasteiger partial charge in [0.15, 0.2) is 0 Å². The van der Waals surface area contributed by atoms with Gasteiger partial charge in [-0.15, -0.1) is 0 Å². The molecule has 0 aromatic heterocycles. The van der Waals surface area contributed by atoms with Gasteiger partial charge >= 0.3 is 0 Å². The molecule has 0 aliphatic carbocycles. The summed E-state index contributed by atoms with van der Waals surface area (Å²) in [7, 11) is 0. The average Bonchev–Trinajstić information content (AvgIpc) is 2.46. The van der Waals surface area contributed by atoms with Gasteiger partial charge in [0.05, 0.1) is 18.2 Å².